The molecular weight excluding hydrogens is 366 g/mol. The zero-order chi connectivity index (χ0) is 19.3. The third-order valence-corrected chi connectivity index (χ3v) is 6.28. The van der Waals surface area contributed by atoms with E-state index >= 15 is 0 Å². The van der Waals surface area contributed by atoms with Gasteiger partial charge in [-0.15, -0.1) is 0 Å². The number of nitrogens with two attached hydrogens (primary N) is 1. The molecule has 1 aromatic carbocycles. The smallest absolute Gasteiger partial charge is 0.319 e. The van der Waals surface area contributed by atoms with E-state index in [-0.39, 0.29) is 4.90 Å². The number of nitrogens with one attached hydrogen (secondary N) is 2. The van der Waals surface area contributed by atoms with Crippen molar-refractivity contribution in [1.29, 1.82) is 0 Å². The average Bonchev–Trinajstić information content (AvgIpc) is 2.69. The van der Waals surface area contributed by atoms with Gasteiger partial charge in [-0.2, -0.15) is 4.31 Å². The number of nitrogens with zero attached hydrogens (tertiary/aromatic N) is 2. The number of pyridine rings is 1. The highest BCUT2D eigenvalue weighted by Gasteiger charge is 2.25. The molecule has 0 atom stereocenters. The topological polar surface area (TPSA) is 117 Å². The molecule has 8 nitrogen and oxygen atoms in total. The van der Waals surface area contributed by atoms with Crippen LogP contribution in [-0.2, 0) is 16.6 Å². The fraction of sp³-hybridized carbons (Fsp3) is 0.333. The van der Waals surface area contributed by atoms with Crippen molar-refractivity contribution in [2.75, 3.05) is 24.1 Å². The van der Waals surface area contributed by atoms with E-state index in [2.05, 4.69) is 15.6 Å². The highest BCUT2D eigenvalue weighted by Crippen LogP contribution is 2.21. The maximum absolute atomic E-state index is 12.6. The Labute approximate surface area is 158 Å². The van der Waals surface area contributed by atoms with Gasteiger partial charge in [0.2, 0.25) is 10.0 Å². The zero-order valence-electron chi connectivity index (χ0n) is 14.9. The number of aromatic nitrogens is 1. The van der Waals surface area contributed by atoms with Gasteiger partial charge in [0.1, 0.15) is 5.82 Å². The summed E-state index contributed by atoms with van der Waals surface area (Å²) in [6.45, 7) is 1.43. The highest BCUT2D eigenvalue weighted by atomic mass is 32.2. The number of sulfonamides is 1. The first kappa shape index (κ1) is 19.1. The van der Waals surface area contributed by atoms with Crippen LogP contribution in [0.15, 0.2) is 47.5 Å². The van der Waals surface area contributed by atoms with Crippen molar-refractivity contribution in [3.8, 4) is 0 Å². The van der Waals surface area contributed by atoms with Crippen LogP contribution in [0.4, 0.5) is 16.3 Å². The number of benzene rings is 1. The lowest BCUT2D eigenvalue weighted by molar-refractivity contribution is 0.251. The standard InChI is InChI=1S/C18H23N5O3S/c19-17-9-4-14(12-20-17)13-21-18(24)22-15-5-7-16(8-6-15)27(25,26)23-10-2-1-3-11-23/h4-9,12H,1-3,10-11,13H2,(H2,19,20)(H2,21,22,24). The lowest BCUT2D eigenvalue weighted by Crippen LogP contribution is -2.35. The van der Waals surface area contributed by atoms with E-state index in [1.165, 1.54) is 16.4 Å². The van der Waals surface area contributed by atoms with Gasteiger partial charge in [0, 0.05) is 31.5 Å². The Balaban J connectivity index is 1.56. The molecule has 2 heterocycles. The Morgan fingerprint density at radius 2 is 1.78 bits per heavy atom. The van der Waals surface area contributed by atoms with Crippen LogP contribution in [0.25, 0.3) is 0 Å². The second-order valence-corrected chi connectivity index (χ2v) is 8.33. The Bertz CT molecular complexity index is 876. The summed E-state index contributed by atoms with van der Waals surface area (Å²) in [4.78, 5) is 16.2. The Morgan fingerprint density at radius 3 is 2.41 bits per heavy atom. The number of nitrogen functional groups attached to an aromatic ring is 1. The summed E-state index contributed by atoms with van der Waals surface area (Å²) in [7, 11) is -3.47. The summed E-state index contributed by atoms with van der Waals surface area (Å²) in [6.07, 6.45) is 4.44. The van der Waals surface area contributed by atoms with Gasteiger partial charge >= 0.3 is 6.03 Å². The van der Waals surface area contributed by atoms with Crippen LogP contribution in [0.5, 0.6) is 0 Å². The summed E-state index contributed by atoms with van der Waals surface area (Å²) in [5.74, 6) is 0.419. The molecule has 2 aromatic rings. The summed E-state index contributed by atoms with van der Waals surface area (Å²) < 4.78 is 26.8. The summed E-state index contributed by atoms with van der Waals surface area (Å²) in [5, 5.41) is 5.38. The van der Waals surface area contributed by atoms with E-state index in [4.69, 9.17) is 5.73 Å². The molecule has 0 aliphatic carbocycles. The maximum atomic E-state index is 12.6. The second-order valence-electron chi connectivity index (χ2n) is 6.39. The molecule has 1 aliphatic rings. The molecule has 1 aromatic heterocycles. The van der Waals surface area contributed by atoms with Gasteiger partial charge in [-0.1, -0.05) is 12.5 Å². The normalized spacial score (nSPS) is 15.3. The van der Waals surface area contributed by atoms with Crippen LogP contribution in [0, 0.1) is 0 Å². The molecule has 144 valence electrons. The predicted octanol–water partition coefficient (Wildman–Crippen LogP) is 2.16. The number of rotatable bonds is 5. The van der Waals surface area contributed by atoms with Crippen molar-refractivity contribution >= 4 is 27.6 Å². The van der Waals surface area contributed by atoms with Crippen molar-refractivity contribution in [1.82, 2.24) is 14.6 Å². The number of carbonyl (C=O) groups is 1. The number of hydrogen-bond acceptors (Lipinski definition) is 5. The summed E-state index contributed by atoms with van der Waals surface area (Å²) >= 11 is 0. The van der Waals surface area contributed by atoms with E-state index in [9.17, 15) is 13.2 Å². The molecule has 0 saturated carbocycles. The number of piperidine rings is 1. The highest BCUT2D eigenvalue weighted by molar-refractivity contribution is 7.89. The Kier molecular flexibility index (Phi) is 5.92. The molecule has 2 amide bonds. The van der Waals surface area contributed by atoms with E-state index in [0.29, 0.717) is 31.1 Å². The Morgan fingerprint density at radius 1 is 1.07 bits per heavy atom. The van der Waals surface area contributed by atoms with Gasteiger partial charge in [-0.05, 0) is 48.7 Å². The van der Waals surface area contributed by atoms with Crippen LogP contribution < -0.4 is 16.4 Å². The molecule has 4 N–H and O–H groups in total. The van der Waals surface area contributed by atoms with Crippen LogP contribution in [0.3, 0.4) is 0 Å². The first-order chi connectivity index (χ1) is 12.9. The van der Waals surface area contributed by atoms with Crippen LogP contribution >= 0.6 is 0 Å². The molecule has 0 radical (unpaired) electrons. The van der Waals surface area contributed by atoms with Gasteiger partial charge in [0.15, 0.2) is 0 Å². The number of carbonyl (C=O) groups excluding carboxylic acids is 1. The second kappa shape index (κ2) is 8.36. The molecule has 1 saturated heterocycles. The molecule has 0 spiro atoms. The molecule has 1 fully saturated rings. The quantitative estimate of drug-likeness (QED) is 0.724. The van der Waals surface area contributed by atoms with Gasteiger partial charge in [0.05, 0.1) is 4.90 Å². The van der Waals surface area contributed by atoms with Gasteiger partial charge < -0.3 is 16.4 Å². The third-order valence-electron chi connectivity index (χ3n) is 4.37. The SMILES string of the molecule is Nc1ccc(CNC(=O)Nc2ccc(S(=O)(=O)N3CCCCC3)cc2)cn1. The van der Waals surface area contributed by atoms with Gasteiger partial charge in [-0.25, -0.2) is 18.2 Å². The number of hydrogen-bond donors (Lipinski definition) is 3. The lowest BCUT2D eigenvalue weighted by Gasteiger charge is -2.25. The van der Waals surface area contributed by atoms with Crippen molar-refractivity contribution in [2.45, 2.75) is 30.7 Å². The average molecular weight is 389 g/mol. The maximum Gasteiger partial charge on any atom is 0.319 e. The monoisotopic (exact) mass is 389 g/mol. The third kappa shape index (κ3) is 4.95. The lowest BCUT2D eigenvalue weighted by atomic mass is 10.2. The van der Waals surface area contributed by atoms with Crippen molar-refractivity contribution in [3.05, 3.63) is 48.2 Å². The fourth-order valence-electron chi connectivity index (χ4n) is 2.86. The molecule has 9 heteroatoms. The molecular formula is C18H23N5O3S. The van der Waals surface area contributed by atoms with E-state index in [1.54, 1.807) is 30.5 Å². The summed E-state index contributed by atoms with van der Waals surface area (Å²) in [6, 6.07) is 9.26. The van der Waals surface area contributed by atoms with Crippen LogP contribution in [-0.4, -0.2) is 36.8 Å². The van der Waals surface area contributed by atoms with E-state index in [1.807, 2.05) is 0 Å². The molecule has 0 bridgehead atoms. The van der Waals surface area contributed by atoms with Crippen molar-refractivity contribution in [2.24, 2.45) is 0 Å². The van der Waals surface area contributed by atoms with Crippen molar-refractivity contribution < 1.29 is 13.2 Å². The van der Waals surface area contributed by atoms with Gasteiger partial charge in [0.25, 0.3) is 0 Å². The fourth-order valence-corrected chi connectivity index (χ4v) is 4.38. The van der Waals surface area contributed by atoms with Crippen LogP contribution in [0.1, 0.15) is 24.8 Å². The minimum Gasteiger partial charge on any atom is -0.384 e. The molecule has 27 heavy (non-hydrogen) atoms. The van der Waals surface area contributed by atoms with Crippen molar-refractivity contribution in [3.63, 3.8) is 0 Å². The first-order valence-corrected chi connectivity index (χ1v) is 10.2. The number of urea groups is 1. The number of anilines is 2. The zero-order valence-corrected chi connectivity index (χ0v) is 15.7. The summed E-state index contributed by atoms with van der Waals surface area (Å²) in [5.41, 5.74) is 6.85. The minimum absolute atomic E-state index is 0.239. The molecule has 0 unspecified atom stereocenters. The van der Waals surface area contributed by atoms with Crippen LogP contribution in [0.2, 0.25) is 0 Å². The van der Waals surface area contributed by atoms with E-state index < -0.39 is 16.1 Å². The number of amides is 2. The minimum atomic E-state index is -3.47. The predicted molar refractivity (Wildman–Crippen MR) is 104 cm³/mol. The molecule has 3 rings (SSSR count). The largest absolute Gasteiger partial charge is 0.384 e. The van der Waals surface area contributed by atoms with Gasteiger partial charge in [-0.3, -0.25) is 0 Å². The van der Waals surface area contributed by atoms with E-state index in [0.717, 1.165) is 24.8 Å². The Hall–Kier alpha value is -2.65. The molecule has 1 aliphatic heterocycles. The first-order valence-electron chi connectivity index (χ1n) is 8.80.